The quantitative estimate of drug-likeness (QED) is 0.736. The lowest BCUT2D eigenvalue weighted by Crippen LogP contribution is -2.38. The summed E-state index contributed by atoms with van der Waals surface area (Å²) in [5.41, 5.74) is 1.83. The fourth-order valence-electron chi connectivity index (χ4n) is 3.61. The lowest BCUT2D eigenvalue weighted by molar-refractivity contribution is -0.274. The van der Waals surface area contributed by atoms with Crippen LogP contribution in [-0.2, 0) is 11.3 Å². The van der Waals surface area contributed by atoms with Crippen LogP contribution in [0, 0.1) is 0 Å². The number of nitrogens with one attached hydrogen (secondary N) is 1. The van der Waals surface area contributed by atoms with E-state index in [-0.39, 0.29) is 36.8 Å². The Bertz CT molecular complexity index is 911. The van der Waals surface area contributed by atoms with E-state index in [1.807, 2.05) is 6.07 Å². The number of alkyl halides is 3. The van der Waals surface area contributed by atoms with Gasteiger partial charge < -0.3 is 19.7 Å². The molecule has 2 heterocycles. The summed E-state index contributed by atoms with van der Waals surface area (Å²) in [4.78, 5) is 22.3. The number of hydrogen-bond acceptors (Lipinski definition) is 6. The number of anilines is 1. The molecule has 1 N–H and O–H groups in total. The molecule has 2 aliphatic rings. The number of ether oxygens (including phenoxy) is 2. The van der Waals surface area contributed by atoms with Crippen molar-refractivity contribution in [2.24, 2.45) is 0 Å². The zero-order chi connectivity index (χ0) is 21.8. The van der Waals surface area contributed by atoms with E-state index in [1.54, 1.807) is 4.90 Å². The first-order valence-electron chi connectivity index (χ1n) is 10.2. The third kappa shape index (κ3) is 5.63. The summed E-state index contributed by atoms with van der Waals surface area (Å²) in [5, 5.41) is 2.99. The van der Waals surface area contributed by atoms with Gasteiger partial charge in [0.05, 0.1) is 12.2 Å². The molecule has 1 aliphatic heterocycles. The van der Waals surface area contributed by atoms with Crippen molar-refractivity contribution in [3.8, 4) is 5.75 Å². The van der Waals surface area contributed by atoms with Gasteiger partial charge in [-0.25, -0.2) is 9.97 Å². The van der Waals surface area contributed by atoms with Gasteiger partial charge in [0.25, 0.3) is 5.91 Å². The maximum atomic E-state index is 12.7. The van der Waals surface area contributed by atoms with Crippen LogP contribution in [0.25, 0.3) is 0 Å². The maximum absolute atomic E-state index is 12.7. The highest BCUT2D eigenvalue weighted by atomic mass is 19.4. The summed E-state index contributed by atoms with van der Waals surface area (Å²) in [6, 6.07) is 4.70. The molecular formula is C21H23F3N4O3. The maximum Gasteiger partial charge on any atom is 0.573 e. The van der Waals surface area contributed by atoms with E-state index in [9.17, 15) is 18.0 Å². The summed E-state index contributed by atoms with van der Waals surface area (Å²) in [7, 11) is 0. The Morgan fingerprint density at radius 2 is 1.97 bits per heavy atom. The van der Waals surface area contributed by atoms with Gasteiger partial charge in [0.1, 0.15) is 12.5 Å². The monoisotopic (exact) mass is 436 g/mol. The van der Waals surface area contributed by atoms with Crippen molar-refractivity contribution in [3.05, 3.63) is 47.3 Å². The first-order valence-corrected chi connectivity index (χ1v) is 10.2. The van der Waals surface area contributed by atoms with Crippen LogP contribution in [0.1, 0.15) is 53.1 Å². The van der Waals surface area contributed by atoms with Crippen molar-refractivity contribution in [2.75, 3.05) is 25.2 Å². The Kier molecular flexibility index (Phi) is 6.26. The van der Waals surface area contributed by atoms with E-state index >= 15 is 0 Å². The van der Waals surface area contributed by atoms with Gasteiger partial charge >= 0.3 is 6.36 Å². The van der Waals surface area contributed by atoms with Crippen molar-refractivity contribution < 1.29 is 27.4 Å². The number of nitrogens with zero attached hydrogens (tertiary/aromatic N) is 3. The number of rotatable bonds is 6. The van der Waals surface area contributed by atoms with E-state index in [0.29, 0.717) is 24.3 Å². The van der Waals surface area contributed by atoms with Gasteiger partial charge in [-0.1, -0.05) is 12.5 Å². The van der Waals surface area contributed by atoms with Crippen LogP contribution in [0.5, 0.6) is 5.75 Å². The number of benzene rings is 1. The van der Waals surface area contributed by atoms with Crippen LogP contribution >= 0.6 is 0 Å². The number of amides is 1. The third-order valence-corrected chi connectivity index (χ3v) is 5.40. The van der Waals surface area contributed by atoms with Crippen LogP contribution in [0.2, 0.25) is 0 Å². The Hall–Kier alpha value is -2.88. The Morgan fingerprint density at radius 1 is 1.19 bits per heavy atom. The predicted molar refractivity (Wildman–Crippen MR) is 106 cm³/mol. The van der Waals surface area contributed by atoms with Crippen molar-refractivity contribution in [1.29, 1.82) is 0 Å². The lowest BCUT2D eigenvalue weighted by atomic mass is 9.79. The molecule has 31 heavy (non-hydrogen) atoms. The number of hydrogen-bond donors (Lipinski definition) is 1. The van der Waals surface area contributed by atoms with Crippen molar-refractivity contribution >= 4 is 11.9 Å². The molecule has 1 aliphatic carbocycles. The predicted octanol–water partition coefficient (Wildman–Crippen LogP) is 4.07. The molecule has 2 fully saturated rings. The third-order valence-electron chi connectivity index (χ3n) is 5.40. The SMILES string of the molecule is O=C(c1cnc(NCc2cc(OC(F)(F)F)cc(C3CCC3)c2)nc1)N1CCCOC1. The van der Waals surface area contributed by atoms with Crippen LogP contribution < -0.4 is 10.1 Å². The van der Waals surface area contributed by atoms with Crippen LogP contribution in [0.3, 0.4) is 0 Å². The van der Waals surface area contributed by atoms with Crippen molar-refractivity contribution in [2.45, 2.75) is 44.5 Å². The number of carbonyl (C=O) groups is 1. The van der Waals surface area contributed by atoms with Gasteiger partial charge in [0, 0.05) is 25.5 Å². The van der Waals surface area contributed by atoms with Gasteiger partial charge in [-0.2, -0.15) is 0 Å². The fourth-order valence-corrected chi connectivity index (χ4v) is 3.61. The van der Waals surface area contributed by atoms with Gasteiger partial charge in [0.2, 0.25) is 5.95 Å². The summed E-state index contributed by atoms with van der Waals surface area (Å²) in [6.45, 7) is 1.74. The highest BCUT2D eigenvalue weighted by Crippen LogP contribution is 2.39. The minimum Gasteiger partial charge on any atom is -0.406 e. The summed E-state index contributed by atoms with van der Waals surface area (Å²) in [5.74, 6) is 0.113. The molecule has 4 rings (SSSR count). The normalized spacial score (nSPS) is 17.2. The van der Waals surface area contributed by atoms with Crippen LogP contribution in [0.4, 0.5) is 19.1 Å². The molecule has 10 heteroatoms. The van der Waals surface area contributed by atoms with E-state index in [1.165, 1.54) is 24.5 Å². The highest BCUT2D eigenvalue weighted by Gasteiger charge is 2.32. The Morgan fingerprint density at radius 3 is 2.58 bits per heavy atom. The lowest BCUT2D eigenvalue weighted by Gasteiger charge is -2.27. The largest absolute Gasteiger partial charge is 0.573 e. The molecule has 7 nitrogen and oxygen atoms in total. The average Bonchev–Trinajstić information content (AvgIpc) is 2.70. The second-order valence-electron chi connectivity index (χ2n) is 7.69. The Balaban J connectivity index is 1.42. The molecule has 0 unspecified atom stereocenters. The van der Waals surface area contributed by atoms with E-state index in [2.05, 4.69) is 20.0 Å². The van der Waals surface area contributed by atoms with Gasteiger partial charge in [0.15, 0.2) is 0 Å². The van der Waals surface area contributed by atoms with E-state index < -0.39 is 6.36 Å². The first kappa shape index (κ1) is 21.4. The topological polar surface area (TPSA) is 76.6 Å². The minimum absolute atomic E-state index is 0.201. The van der Waals surface area contributed by atoms with E-state index in [4.69, 9.17) is 4.74 Å². The summed E-state index contributed by atoms with van der Waals surface area (Å²) >= 11 is 0. The summed E-state index contributed by atoms with van der Waals surface area (Å²) in [6.07, 6.45) is 1.89. The molecule has 1 aromatic heterocycles. The smallest absolute Gasteiger partial charge is 0.406 e. The van der Waals surface area contributed by atoms with Crippen LogP contribution in [0.15, 0.2) is 30.6 Å². The molecule has 1 aromatic carbocycles. The molecule has 1 amide bonds. The van der Waals surface area contributed by atoms with Gasteiger partial charge in [-0.05, 0) is 48.4 Å². The van der Waals surface area contributed by atoms with Gasteiger partial charge in [-0.15, -0.1) is 13.2 Å². The molecule has 1 saturated carbocycles. The molecule has 0 radical (unpaired) electrons. The molecule has 0 spiro atoms. The van der Waals surface area contributed by atoms with E-state index in [0.717, 1.165) is 31.2 Å². The van der Waals surface area contributed by atoms with Gasteiger partial charge in [-0.3, -0.25) is 4.79 Å². The van der Waals surface area contributed by atoms with Crippen LogP contribution in [-0.4, -0.2) is 47.0 Å². The molecular weight excluding hydrogens is 413 g/mol. The number of halogens is 3. The zero-order valence-electron chi connectivity index (χ0n) is 16.8. The second-order valence-corrected chi connectivity index (χ2v) is 7.69. The highest BCUT2D eigenvalue weighted by molar-refractivity contribution is 5.93. The van der Waals surface area contributed by atoms with Crippen molar-refractivity contribution in [3.63, 3.8) is 0 Å². The minimum atomic E-state index is -4.74. The fraction of sp³-hybridized carbons (Fsp3) is 0.476. The zero-order valence-corrected chi connectivity index (χ0v) is 16.8. The second kappa shape index (κ2) is 9.09. The number of carbonyl (C=O) groups excluding carboxylic acids is 1. The number of aromatic nitrogens is 2. The average molecular weight is 436 g/mol. The molecule has 166 valence electrons. The Labute approximate surface area is 177 Å². The van der Waals surface area contributed by atoms with Crippen molar-refractivity contribution in [1.82, 2.24) is 14.9 Å². The molecule has 1 saturated heterocycles. The molecule has 0 bridgehead atoms. The standard InChI is InChI=1S/C21H23F3N4O3/c22-21(23,24)31-18-8-14(7-16(9-18)15-3-1-4-15)10-25-20-26-11-17(12-27-20)19(29)28-5-2-6-30-13-28/h7-9,11-12,15H,1-6,10,13H2,(H,25,26,27). The first-order chi connectivity index (χ1) is 14.9. The molecule has 0 atom stereocenters. The summed E-state index contributed by atoms with van der Waals surface area (Å²) < 4.78 is 47.5. The molecule has 2 aromatic rings.